The molecule has 1 aliphatic heterocycles. The molecule has 11 nitrogen and oxygen atoms in total. The largest absolute Gasteiger partial charge is 0.469 e. The lowest BCUT2D eigenvalue weighted by Crippen LogP contribution is -2.55. The van der Waals surface area contributed by atoms with Gasteiger partial charge < -0.3 is 24.7 Å². The number of ether oxygens (including phenoxy) is 1. The van der Waals surface area contributed by atoms with Crippen LogP contribution >= 0.6 is 35.5 Å². The summed E-state index contributed by atoms with van der Waals surface area (Å²) < 4.78 is 63.7. The smallest absolute Gasteiger partial charge is 0.388 e. The van der Waals surface area contributed by atoms with Crippen LogP contribution in [0.4, 0.5) is 13.2 Å². The van der Waals surface area contributed by atoms with E-state index in [9.17, 15) is 27.9 Å². The Morgan fingerprint density at radius 2 is 1.83 bits per heavy atom. The molecule has 3 heterocycles. The number of aliphatic hydroxyl groups is 2. The van der Waals surface area contributed by atoms with Gasteiger partial charge in [0, 0.05) is 27.3 Å². The van der Waals surface area contributed by atoms with Crippen molar-refractivity contribution in [3.05, 3.63) is 58.7 Å². The number of hydrogen-bond acceptors (Lipinski definition) is 9. The van der Waals surface area contributed by atoms with Crippen LogP contribution in [0.25, 0.3) is 11.3 Å². The fourth-order valence-corrected chi connectivity index (χ4v) is 5.43. The molecular formula is C19H17BrF3N4O7PS. The summed E-state index contributed by atoms with van der Waals surface area (Å²) >= 11 is 4.28. The highest BCUT2D eigenvalue weighted by atomic mass is 79.9. The minimum absolute atomic E-state index is 0.0953. The number of pyridine rings is 1. The van der Waals surface area contributed by atoms with Crippen molar-refractivity contribution in [1.29, 1.82) is 0 Å². The third kappa shape index (κ3) is 6.15. The lowest BCUT2D eigenvalue weighted by molar-refractivity contribution is -0.177. The van der Waals surface area contributed by atoms with E-state index in [2.05, 4.69) is 35.7 Å². The van der Waals surface area contributed by atoms with Crippen LogP contribution in [-0.4, -0.2) is 70.3 Å². The molecule has 0 amide bonds. The van der Waals surface area contributed by atoms with Crippen molar-refractivity contribution in [2.75, 3.05) is 6.61 Å². The maximum absolute atomic E-state index is 13.7. The lowest BCUT2D eigenvalue weighted by Gasteiger charge is -2.42. The zero-order valence-corrected chi connectivity index (χ0v) is 21.0. The molecule has 17 heteroatoms. The van der Waals surface area contributed by atoms with Gasteiger partial charge in [-0.25, -0.2) is 22.4 Å². The molecule has 5 atom stereocenters. The van der Waals surface area contributed by atoms with Crippen molar-refractivity contribution >= 4 is 35.5 Å². The number of phosphoric acid groups is 1. The standard InChI is InChI=1S/C19H17BrF3N4O7PS/c20-9-3-10(5-24-4-9)36-19-18(29)16(17(28)14(34-19)7-33-35(30,31)32)27-6-13(25-26-27)8-1-11(21)15(23)12(22)2-8/h1-6,14,16-19,28-29H,7H2,(H2,30,31,32). The van der Waals surface area contributed by atoms with Crippen LogP contribution in [0, 0.1) is 17.5 Å². The summed E-state index contributed by atoms with van der Waals surface area (Å²) in [5.74, 6) is -4.55. The van der Waals surface area contributed by atoms with Crippen molar-refractivity contribution < 1.29 is 47.0 Å². The number of benzene rings is 1. The van der Waals surface area contributed by atoms with Crippen molar-refractivity contribution in [2.45, 2.75) is 34.7 Å². The third-order valence-electron chi connectivity index (χ3n) is 5.10. The average molecular weight is 613 g/mol. The number of hydrogen-bond donors (Lipinski definition) is 4. The minimum atomic E-state index is -4.92. The van der Waals surface area contributed by atoms with Crippen LogP contribution in [0.3, 0.4) is 0 Å². The molecule has 3 aromatic rings. The molecule has 1 saturated heterocycles. The number of aliphatic hydroxyl groups excluding tert-OH is 2. The van der Waals surface area contributed by atoms with Gasteiger partial charge in [0.25, 0.3) is 0 Å². The van der Waals surface area contributed by atoms with Crippen LogP contribution in [0.15, 0.2) is 46.2 Å². The van der Waals surface area contributed by atoms with Crippen molar-refractivity contribution in [3.8, 4) is 11.3 Å². The van der Waals surface area contributed by atoms with E-state index in [0.717, 1.165) is 22.6 Å². The molecular weight excluding hydrogens is 596 g/mol. The number of rotatable bonds is 7. The molecule has 194 valence electrons. The van der Waals surface area contributed by atoms with E-state index in [4.69, 9.17) is 14.5 Å². The van der Waals surface area contributed by atoms with E-state index in [1.807, 2.05) is 0 Å². The van der Waals surface area contributed by atoms with E-state index in [1.165, 1.54) is 12.4 Å². The molecule has 1 fully saturated rings. The first kappa shape index (κ1) is 27.2. The van der Waals surface area contributed by atoms with Gasteiger partial charge in [0.1, 0.15) is 35.5 Å². The molecule has 36 heavy (non-hydrogen) atoms. The molecule has 0 spiro atoms. The first-order valence-electron chi connectivity index (χ1n) is 9.98. The normalized spacial score (nSPS) is 24.7. The predicted octanol–water partition coefficient (Wildman–Crippen LogP) is 2.41. The Labute approximate surface area is 213 Å². The van der Waals surface area contributed by atoms with Crippen LogP contribution in [0.5, 0.6) is 0 Å². The molecule has 0 saturated carbocycles. The molecule has 0 aliphatic carbocycles. The van der Waals surface area contributed by atoms with E-state index >= 15 is 0 Å². The maximum atomic E-state index is 13.7. The highest BCUT2D eigenvalue weighted by Gasteiger charge is 2.47. The first-order valence-corrected chi connectivity index (χ1v) is 13.2. The predicted molar refractivity (Wildman–Crippen MR) is 121 cm³/mol. The van der Waals surface area contributed by atoms with Gasteiger partial charge in [0.15, 0.2) is 17.5 Å². The van der Waals surface area contributed by atoms with Crippen molar-refractivity contribution in [2.24, 2.45) is 0 Å². The van der Waals surface area contributed by atoms with Crippen LogP contribution in [0.2, 0.25) is 0 Å². The summed E-state index contributed by atoms with van der Waals surface area (Å²) in [5, 5.41) is 29.5. The first-order chi connectivity index (χ1) is 16.9. The number of aromatic nitrogens is 4. The van der Waals surface area contributed by atoms with Crippen LogP contribution in [-0.2, 0) is 13.8 Å². The molecule has 5 unspecified atom stereocenters. The highest BCUT2D eigenvalue weighted by molar-refractivity contribution is 9.10. The van der Waals surface area contributed by atoms with Gasteiger partial charge >= 0.3 is 7.82 Å². The van der Waals surface area contributed by atoms with E-state index in [-0.39, 0.29) is 11.3 Å². The van der Waals surface area contributed by atoms with Gasteiger partial charge in [-0.05, 0) is 34.1 Å². The third-order valence-corrected chi connectivity index (χ3v) is 7.14. The summed E-state index contributed by atoms with van der Waals surface area (Å²) in [6.07, 6.45) is -0.233. The van der Waals surface area contributed by atoms with E-state index in [1.54, 1.807) is 6.07 Å². The zero-order valence-electron chi connectivity index (χ0n) is 17.7. The summed E-state index contributed by atoms with van der Waals surface area (Å²) in [5.41, 5.74) is -1.35. The molecule has 4 rings (SSSR count). The maximum Gasteiger partial charge on any atom is 0.469 e. The van der Waals surface area contributed by atoms with Crippen molar-refractivity contribution in [1.82, 2.24) is 20.0 Å². The molecule has 4 N–H and O–H groups in total. The Balaban J connectivity index is 1.66. The molecule has 1 aliphatic rings. The average Bonchev–Trinajstić information content (AvgIpc) is 3.27. The van der Waals surface area contributed by atoms with Gasteiger partial charge in [-0.3, -0.25) is 9.51 Å². The molecule has 0 bridgehead atoms. The number of halogens is 4. The zero-order chi connectivity index (χ0) is 26.2. The van der Waals surface area contributed by atoms with Gasteiger partial charge in [-0.1, -0.05) is 17.0 Å². The summed E-state index contributed by atoms with van der Waals surface area (Å²) in [6.45, 7) is -0.738. The van der Waals surface area contributed by atoms with Gasteiger partial charge in [0.2, 0.25) is 0 Å². The van der Waals surface area contributed by atoms with Crippen LogP contribution < -0.4 is 0 Å². The monoisotopic (exact) mass is 612 g/mol. The number of thioether (sulfide) groups is 1. The Kier molecular flexibility index (Phi) is 8.19. The van der Waals surface area contributed by atoms with Gasteiger partial charge in [-0.15, -0.1) is 5.10 Å². The minimum Gasteiger partial charge on any atom is -0.388 e. The molecule has 0 radical (unpaired) electrons. The fraction of sp³-hybridized carbons (Fsp3) is 0.316. The second kappa shape index (κ2) is 10.8. The van der Waals surface area contributed by atoms with Crippen molar-refractivity contribution in [3.63, 3.8) is 0 Å². The number of phosphoric ester groups is 1. The Morgan fingerprint density at radius 3 is 2.47 bits per heavy atom. The lowest BCUT2D eigenvalue weighted by atomic mass is 9.97. The molecule has 1 aromatic carbocycles. The second-order valence-electron chi connectivity index (χ2n) is 7.60. The van der Waals surface area contributed by atoms with E-state index < -0.39 is 61.7 Å². The SMILES string of the molecule is O=P(O)(O)OCC1OC(Sc2cncc(Br)c2)C(O)C(n2cc(-c3cc(F)c(F)c(F)c3)nn2)C1O. The highest BCUT2D eigenvalue weighted by Crippen LogP contribution is 2.41. The number of nitrogens with zero attached hydrogens (tertiary/aromatic N) is 4. The Hall–Kier alpha value is -1.88. The fourth-order valence-electron chi connectivity index (χ4n) is 3.48. The summed E-state index contributed by atoms with van der Waals surface area (Å²) in [6, 6.07) is 1.80. The second-order valence-corrected chi connectivity index (χ2v) is 10.9. The topological polar surface area (TPSA) is 160 Å². The Morgan fingerprint density at radius 1 is 1.14 bits per heavy atom. The Bertz CT molecular complexity index is 1280. The quantitative estimate of drug-likeness (QED) is 0.229. The molecule has 2 aromatic heterocycles. The summed E-state index contributed by atoms with van der Waals surface area (Å²) in [4.78, 5) is 22.7. The van der Waals surface area contributed by atoms with Gasteiger partial charge in [-0.2, -0.15) is 0 Å². The van der Waals surface area contributed by atoms with Crippen LogP contribution in [0.1, 0.15) is 6.04 Å². The van der Waals surface area contributed by atoms with Gasteiger partial charge in [0.05, 0.1) is 12.8 Å². The summed E-state index contributed by atoms with van der Waals surface area (Å²) in [7, 11) is -4.92. The van der Waals surface area contributed by atoms with E-state index in [0.29, 0.717) is 21.5 Å².